The smallest absolute Gasteiger partial charge is 0.256 e. The first kappa shape index (κ1) is 13.5. The first-order valence-electron chi connectivity index (χ1n) is 5.83. The van der Waals surface area contributed by atoms with Crippen LogP contribution < -0.4 is 5.32 Å². The summed E-state index contributed by atoms with van der Waals surface area (Å²) in [5.41, 5.74) is 2.88. The van der Waals surface area contributed by atoms with E-state index in [-0.39, 0.29) is 5.91 Å². The first-order chi connectivity index (χ1) is 8.69. The van der Waals surface area contributed by atoms with Crippen molar-refractivity contribution in [2.24, 2.45) is 0 Å². The number of carbonyl (C=O) groups is 1. The van der Waals surface area contributed by atoms with Crippen molar-refractivity contribution in [3.63, 3.8) is 0 Å². The fraction of sp³-hybridized carbons (Fsp3) is 0.214. The Bertz CT molecular complexity index is 533. The number of benzene rings is 1. The lowest BCUT2D eigenvalue weighted by molar-refractivity contribution is 0.102. The second kappa shape index (κ2) is 6.33. The molecule has 1 N–H and O–H groups in total. The number of aryl methyl sites for hydroxylation is 1. The number of rotatable bonds is 4. The molecule has 0 unspecified atom stereocenters. The van der Waals surface area contributed by atoms with Gasteiger partial charge in [0.05, 0.1) is 8.45 Å². The summed E-state index contributed by atoms with van der Waals surface area (Å²) in [5.74, 6) is -0.0441. The summed E-state index contributed by atoms with van der Waals surface area (Å²) in [5, 5.41) is 4.78. The quantitative estimate of drug-likeness (QED) is 0.785. The zero-order chi connectivity index (χ0) is 13.0. The summed E-state index contributed by atoms with van der Waals surface area (Å²) < 4.78 is 1.12. The van der Waals surface area contributed by atoms with Crippen molar-refractivity contribution in [3.8, 4) is 0 Å². The average Bonchev–Trinajstić information content (AvgIpc) is 2.79. The van der Waals surface area contributed by atoms with Gasteiger partial charge in [-0.25, -0.2) is 0 Å². The van der Waals surface area contributed by atoms with Gasteiger partial charge in [-0.3, -0.25) is 4.79 Å². The highest BCUT2D eigenvalue weighted by molar-refractivity contribution is 14.1. The molecule has 1 amide bonds. The second-order valence-corrected chi connectivity index (χ2v) is 6.85. The standard InChI is InChI=1S/C14H14INOS/c1-2-3-10-4-6-12(7-5-10)16-14(17)11-8-13(15)18-9-11/h4-9H,2-3H2,1H3,(H,16,17). The molecule has 1 aromatic heterocycles. The van der Waals surface area contributed by atoms with Crippen LogP contribution in [0.4, 0.5) is 5.69 Å². The van der Waals surface area contributed by atoms with E-state index in [9.17, 15) is 4.79 Å². The summed E-state index contributed by atoms with van der Waals surface area (Å²) in [6.45, 7) is 2.16. The molecule has 94 valence electrons. The van der Waals surface area contributed by atoms with Gasteiger partial charge in [-0.2, -0.15) is 0 Å². The van der Waals surface area contributed by atoms with Crippen LogP contribution in [0.1, 0.15) is 29.3 Å². The number of halogens is 1. The normalized spacial score (nSPS) is 10.3. The van der Waals surface area contributed by atoms with Gasteiger partial charge < -0.3 is 5.32 Å². The van der Waals surface area contributed by atoms with Crippen molar-refractivity contribution < 1.29 is 4.79 Å². The van der Waals surface area contributed by atoms with E-state index in [1.165, 1.54) is 5.56 Å². The third-order valence-electron chi connectivity index (χ3n) is 2.58. The predicted molar refractivity (Wildman–Crippen MR) is 85.4 cm³/mol. The Morgan fingerprint density at radius 3 is 2.61 bits per heavy atom. The molecule has 0 bridgehead atoms. The van der Waals surface area contributed by atoms with E-state index in [0.29, 0.717) is 0 Å². The van der Waals surface area contributed by atoms with Crippen molar-refractivity contribution in [2.45, 2.75) is 19.8 Å². The molecule has 0 fully saturated rings. The van der Waals surface area contributed by atoms with E-state index in [4.69, 9.17) is 0 Å². The van der Waals surface area contributed by atoms with E-state index in [2.05, 4.69) is 47.0 Å². The zero-order valence-electron chi connectivity index (χ0n) is 10.1. The van der Waals surface area contributed by atoms with Gasteiger partial charge in [0.25, 0.3) is 5.91 Å². The topological polar surface area (TPSA) is 29.1 Å². The third-order valence-corrected chi connectivity index (χ3v) is 4.37. The Hall–Kier alpha value is -0.880. The van der Waals surface area contributed by atoms with Crippen LogP contribution >= 0.6 is 33.9 Å². The maximum Gasteiger partial charge on any atom is 0.256 e. The first-order valence-corrected chi connectivity index (χ1v) is 7.79. The minimum Gasteiger partial charge on any atom is -0.322 e. The summed E-state index contributed by atoms with van der Waals surface area (Å²) in [7, 11) is 0. The number of hydrogen-bond donors (Lipinski definition) is 1. The Labute approximate surface area is 125 Å². The number of anilines is 1. The molecule has 0 radical (unpaired) electrons. The molecule has 1 heterocycles. The summed E-state index contributed by atoms with van der Waals surface area (Å²) in [6.07, 6.45) is 2.22. The molecule has 2 rings (SSSR count). The number of carbonyl (C=O) groups excluding carboxylic acids is 1. The van der Waals surface area contributed by atoms with Gasteiger partial charge in [0.15, 0.2) is 0 Å². The minimum absolute atomic E-state index is 0.0441. The van der Waals surface area contributed by atoms with Crippen LogP contribution in [-0.4, -0.2) is 5.91 Å². The largest absolute Gasteiger partial charge is 0.322 e. The zero-order valence-corrected chi connectivity index (χ0v) is 13.0. The van der Waals surface area contributed by atoms with Crippen molar-refractivity contribution >= 4 is 45.5 Å². The molecular formula is C14H14INOS. The van der Waals surface area contributed by atoms with Crippen LogP contribution in [-0.2, 0) is 6.42 Å². The van der Waals surface area contributed by atoms with Crippen LogP contribution in [0.2, 0.25) is 0 Å². The van der Waals surface area contributed by atoms with Crippen molar-refractivity contribution in [1.29, 1.82) is 0 Å². The fourth-order valence-corrected chi connectivity index (χ4v) is 3.00. The maximum absolute atomic E-state index is 11.9. The minimum atomic E-state index is -0.0441. The van der Waals surface area contributed by atoms with Gasteiger partial charge in [0.1, 0.15) is 0 Å². The molecule has 0 aliphatic heterocycles. The van der Waals surface area contributed by atoms with Gasteiger partial charge >= 0.3 is 0 Å². The monoisotopic (exact) mass is 371 g/mol. The highest BCUT2D eigenvalue weighted by Crippen LogP contribution is 2.18. The molecule has 0 aliphatic rings. The number of hydrogen-bond acceptors (Lipinski definition) is 2. The fourth-order valence-electron chi connectivity index (χ4n) is 1.68. The Morgan fingerprint density at radius 2 is 2.06 bits per heavy atom. The van der Waals surface area contributed by atoms with E-state index in [0.717, 1.165) is 27.0 Å². The molecule has 4 heteroatoms. The van der Waals surface area contributed by atoms with Gasteiger partial charge in [-0.15, -0.1) is 11.3 Å². The maximum atomic E-state index is 11.9. The van der Waals surface area contributed by atoms with Gasteiger partial charge in [0.2, 0.25) is 0 Å². The number of thiophene rings is 1. The molecule has 2 nitrogen and oxygen atoms in total. The number of nitrogens with one attached hydrogen (secondary N) is 1. The van der Waals surface area contributed by atoms with Gasteiger partial charge in [-0.1, -0.05) is 25.5 Å². The van der Waals surface area contributed by atoms with Crippen LogP contribution in [0, 0.1) is 2.88 Å². The molecule has 0 atom stereocenters. The molecule has 0 spiro atoms. The lowest BCUT2D eigenvalue weighted by Crippen LogP contribution is -2.10. The van der Waals surface area contributed by atoms with E-state index < -0.39 is 0 Å². The van der Waals surface area contributed by atoms with Gasteiger partial charge in [-0.05, 0) is 52.8 Å². The highest BCUT2D eigenvalue weighted by atomic mass is 127. The molecule has 0 saturated carbocycles. The summed E-state index contributed by atoms with van der Waals surface area (Å²) in [4.78, 5) is 11.9. The second-order valence-electron chi connectivity index (χ2n) is 4.04. The van der Waals surface area contributed by atoms with E-state index in [1.54, 1.807) is 11.3 Å². The van der Waals surface area contributed by atoms with E-state index >= 15 is 0 Å². The lowest BCUT2D eigenvalue weighted by Gasteiger charge is -2.05. The number of amides is 1. The summed E-state index contributed by atoms with van der Waals surface area (Å²) in [6, 6.07) is 9.94. The van der Waals surface area contributed by atoms with Crippen molar-refractivity contribution in [2.75, 3.05) is 5.32 Å². The Kier molecular flexibility index (Phi) is 4.77. The Morgan fingerprint density at radius 1 is 1.33 bits per heavy atom. The Balaban J connectivity index is 2.03. The molecule has 0 saturated heterocycles. The highest BCUT2D eigenvalue weighted by Gasteiger charge is 2.07. The van der Waals surface area contributed by atoms with Crippen molar-refractivity contribution in [3.05, 3.63) is 49.7 Å². The molecule has 2 aromatic rings. The lowest BCUT2D eigenvalue weighted by atomic mass is 10.1. The predicted octanol–water partition coefficient (Wildman–Crippen LogP) is 4.56. The molecule has 0 aliphatic carbocycles. The van der Waals surface area contributed by atoms with Crippen LogP contribution in [0.5, 0.6) is 0 Å². The molecular weight excluding hydrogens is 357 g/mol. The average molecular weight is 371 g/mol. The van der Waals surface area contributed by atoms with Crippen LogP contribution in [0.25, 0.3) is 0 Å². The summed E-state index contributed by atoms with van der Waals surface area (Å²) >= 11 is 3.80. The molecule has 18 heavy (non-hydrogen) atoms. The van der Waals surface area contributed by atoms with Gasteiger partial charge in [0, 0.05) is 11.1 Å². The third kappa shape index (κ3) is 3.55. The SMILES string of the molecule is CCCc1ccc(NC(=O)c2csc(I)c2)cc1. The molecule has 1 aromatic carbocycles. The van der Waals surface area contributed by atoms with Crippen molar-refractivity contribution in [1.82, 2.24) is 0 Å². The van der Waals surface area contributed by atoms with Crippen LogP contribution in [0.15, 0.2) is 35.7 Å². The van der Waals surface area contributed by atoms with E-state index in [1.807, 2.05) is 23.6 Å². The van der Waals surface area contributed by atoms with Crippen LogP contribution in [0.3, 0.4) is 0 Å².